The molecule has 3 rings (SSSR count). The maximum atomic E-state index is 13.0. The minimum Gasteiger partial charge on any atom is -0.495 e. The lowest BCUT2D eigenvalue weighted by molar-refractivity contribution is -0.113. The molecule has 0 aromatic heterocycles. The Balaban J connectivity index is 1.72. The van der Waals surface area contributed by atoms with Crippen molar-refractivity contribution in [2.45, 2.75) is 9.79 Å². The van der Waals surface area contributed by atoms with Crippen molar-refractivity contribution in [1.82, 2.24) is 4.31 Å². The average Bonchev–Trinajstić information content (AvgIpc) is 2.74. The zero-order chi connectivity index (χ0) is 20.9. The number of rotatable bonds is 7. The van der Waals surface area contributed by atoms with Crippen molar-refractivity contribution in [3.63, 3.8) is 0 Å². The zero-order valence-corrected chi connectivity index (χ0v) is 18.1. The van der Waals surface area contributed by atoms with E-state index in [-0.39, 0.29) is 35.4 Å². The van der Waals surface area contributed by atoms with Gasteiger partial charge in [-0.05, 0) is 42.5 Å². The zero-order valence-electron chi connectivity index (χ0n) is 15.8. The topological polar surface area (TPSA) is 84.9 Å². The maximum absolute atomic E-state index is 13.0. The number of carbonyl (C=O) groups excluding carboxylic acids is 1. The van der Waals surface area contributed by atoms with Gasteiger partial charge in [0.2, 0.25) is 15.9 Å². The molecule has 156 valence electrons. The summed E-state index contributed by atoms with van der Waals surface area (Å²) in [7, 11) is -2.35. The highest BCUT2D eigenvalue weighted by molar-refractivity contribution is 8.00. The lowest BCUT2D eigenvalue weighted by Gasteiger charge is -2.26. The second kappa shape index (κ2) is 9.82. The van der Waals surface area contributed by atoms with Crippen molar-refractivity contribution in [1.29, 1.82) is 0 Å². The Morgan fingerprint density at radius 3 is 2.55 bits per heavy atom. The summed E-state index contributed by atoms with van der Waals surface area (Å²) in [5.74, 6) is 0.161. The Bertz CT molecular complexity index is 961. The van der Waals surface area contributed by atoms with Crippen molar-refractivity contribution >= 4 is 45.0 Å². The molecule has 0 bridgehead atoms. The van der Waals surface area contributed by atoms with Gasteiger partial charge in [-0.3, -0.25) is 4.79 Å². The fourth-order valence-corrected chi connectivity index (χ4v) is 5.17. The highest BCUT2D eigenvalue weighted by atomic mass is 35.5. The van der Waals surface area contributed by atoms with Crippen LogP contribution in [0.15, 0.2) is 52.3 Å². The largest absolute Gasteiger partial charge is 0.495 e. The third kappa shape index (κ3) is 5.64. The van der Waals surface area contributed by atoms with Crippen LogP contribution in [0.25, 0.3) is 0 Å². The van der Waals surface area contributed by atoms with Crippen molar-refractivity contribution < 1.29 is 22.7 Å². The molecule has 1 aliphatic heterocycles. The van der Waals surface area contributed by atoms with Gasteiger partial charge in [-0.15, -0.1) is 11.8 Å². The lowest BCUT2D eigenvalue weighted by atomic mass is 10.3. The van der Waals surface area contributed by atoms with Crippen LogP contribution in [-0.2, 0) is 19.6 Å². The summed E-state index contributed by atoms with van der Waals surface area (Å²) in [4.78, 5) is 13.2. The summed E-state index contributed by atoms with van der Waals surface area (Å²) in [5, 5.41) is 3.37. The van der Waals surface area contributed by atoms with Crippen LogP contribution in [0.5, 0.6) is 5.75 Å². The second-order valence-corrected chi connectivity index (χ2v) is 9.56. The molecule has 0 radical (unpaired) electrons. The second-order valence-electron chi connectivity index (χ2n) is 6.17. The molecule has 1 saturated heterocycles. The number of hydrogen-bond donors (Lipinski definition) is 1. The standard InChI is InChI=1S/C19H21ClN2O5S2/c1-26-17-7-4-15(12-18(17)29(24,25)22-8-10-27-11-9-22)21-19(23)13-28-16-5-2-14(20)3-6-16/h2-7,12H,8-11,13H2,1H3,(H,21,23). The molecule has 2 aromatic rings. The van der Waals surface area contributed by atoms with Gasteiger partial charge in [0.05, 0.1) is 26.1 Å². The molecule has 1 amide bonds. The number of anilines is 1. The fraction of sp³-hybridized carbons (Fsp3) is 0.316. The first kappa shape index (κ1) is 21.9. The molecule has 1 aliphatic rings. The molecular weight excluding hydrogens is 436 g/mol. The molecular formula is C19H21ClN2O5S2. The summed E-state index contributed by atoms with van der Waals surface area (Å²) in [6, 6.07) is 11.8. The first-order valence-corrected chi connectivity index (χ1v) is 11.6. The van der Waals surface area contributed by atoms with Crippen molar-refractivity contribution in [3.05, 3.63) is 47.5 Å². The average molecular weight is 457 g/mol. The van der Waals surface area contributed by atoms with E-state index >= 15 is 0 Å². The fourth-order valence-electron chi connectivity index (χ4n) is 2.76. The van der Waals surface area contributed by atoms with Gasteiger partial charge in [-0.25, -0.2) is 8.42 Å². The van der Waals surface area contributed by atoms with Crippen LogP contribution in [0.2, 0.25) is 5.02 Å². The molecule has 0 saturated carbocycles. The van der Waals surface area contributed by atoms with E-state index in [0.717, 1.165) is 4.90 Å². The van der Waals surface area contributed by atoms with Crippen LogP contribution in [0, 0.1) is 0 Å². The van der Waals surface area contributed by atoms with Gasteiger partial charge in [0.15, 0.2) is 0 Å². The van der Waals surface area contributed by atoms with E-state index in [2.05, 4.69) is 5.32 Å². The van der Waals surface area contributed by atoms with Gasteiger partial charge in [-0.2, -0.15) is 4.31 Å². The Labute approximate surface area is 179 Å². The third-order valence-corrected chi connectivity index (χ3v) is 7.40. The van der Waals surface area contributed by atoms with E-state index in [1.165, 1.54) is 35.3 Å². The Kier molecular flexibility index (Phi) is 7.42. The van der Waals surface area contributed by atoms with Crippen LogP contribution in [0.4, 0.5) is 5.69 Å². The third-order valence-electron chi connectivity index (χ3n) is 4.22. The van der Waals surface area contributed by atoms with E-state index in [0.29, 0.717) is 23.9 Å². The molecule has 10 heteroatoms. The van der Waals surface area contributed by atoms with Gasteiger partial charge in [0, 0.05) is 28.7 Å². The van der Waals surface area contributed by atoms with Gasteiger partial charge in [0.1, 0.15) is 10.6 Å². The Morgan fingerprint density at radius 1 is 1.21 bits per heavy atom. The molecule has 1 heterocycles. The van der Waals surface area contributed by atoms with Crippen molar-refractivity contribution in [2.75, 3.05) is 44.5 Å². The number of morpholine rings is 1. The minimum atomic E-state index is -3.76. The number of thioether (sulfide) groups is 1. The van der Waals surface area contributed by atoms with E-state index in [1.807, 2.05) is 12.1 Å². The summed E-state index contributed by atoms with van der Waals surface area (Å²) in [6.45, 7) is 1.25. The SMILES string of the molecule is COc1ccc(NC(=O)CSc2ccc(Cl)cc2)cc1S(=O)(=O)N1CCOCC1. The monoisotopic (exact) mass is 456 g/mol. The molecule has 2 aromatic carbocycles. The van der Waals surface area contributed by atoms with Crippen LogP contribution >= 0.6 is 23.4 Å². The molecule has 0 unspecified atom stereocenters. The molecule has 0 atom stereocenters. The number of amides is 1. The van der Waals surface area contributed by atoms with E-state index in [9.17, 15) is 13.2 Å². The van der Waals surface area contributed by atoms with E-state index in [1.54, 1.807) is 18.2 Å². The first-order valence-electron chi connectivity index (χ1n) is 8.84. The number of carbonyl (C=O) groups is 1. The maximum Gasteiger partial charge on any atom is 0.246 e. The molecule has 0 aliphatic carbocycles. The number of ether oxygens (including phenoxy) is 2. The minimum absolute atomic E-state index is 0.0186. The molecule has 1 N–H and O–H groups in total. The van der Waals surface area contributed by atoms with Crippen molar-refractivity contribution in [3.8, 4) is 5.75 Å². The van der Waals surface area contributed by atoms with Crippen LogP contribution in [0.1, 0.15) is 0 Å². The van der Waals surface area contributed by atoms with E-state index < -0.39 is 10.0 Å². The number of benzene rings is 2. The van der Waals surface area contributed by atoms with Crippen molar-refractivity contribution in [2.24, 2.45) is 0 Å². The number of halogens is 1. The highest BCUT2D eigenvalue weighted by Gasteiger charge is 2.29. The van der Waals surface area contributed by atoms with Crippen LogP contribution < -0.4 is 10.1 Å². The number of methoxy groups -OCH3 is 1. The first-order chi connectivity index (χ1) is 13.9. The molecule has 1 fully saturated rings. The molecule has 0 spiro atoms. The summed E-state index contributed by atoms with van der Waals surface area (Å²) in [5.41, 5.74) is 0.388. The number of nitrogens with zero attached hydrogens (tertiary/aromatic N) is 1. The predicted octanol–water partition coefficient (Wildman–Crippen LogP) is 3.10. The van der Waals surface area contributed by atoms with E-state index in [4.69, 9.17) is 21.1 Å². The lowest BCUT2D eigenvalue weighted by Crippen LogP contribution is -2.40. The van der Waals surface area contributed by atoms with Gasteiger partial charge < -0.3 is 14.8 Å². The smallest absolute Gasteiger partial charge is 0.246 e. The van der Waals surface area contributed by atoms with Gasteiger partial charge in [0.25, 0.3) is 0 Å². The summed E-state index contributed by atoms with van der Waals surface area (Å²) < 4.78 is 37.8. The van der Waals surface area contributed by atoms with Crippen LogP contribution in [0.3, 0.4) is 0 Å². The predicted molar refractivity (Wildman–Crippen MR) is 113 cm³/mol. The number of hydrogen-bond acceptors (Lipinski definition) is 6. The quantitative estimate of drug-likeness (QED) is 0.644. The molecule has 7 nitrogen and oxygen atoms in total. The van der Waals surface area contributed by atoms with Gasteiger partial charge >= 0.3 is 0 Å². The van der Waals surface area contributed by atoms with Crippen LogP contribution in [-0.4, -0.2) is 57.8 Å². The highest BCUT2D eigenvalue weighted by Crippen LogP contribution is 2.30. The van der Waals surface area contributed by atoms with Gasteiger partial charge in [-0.1, -0.05) is 11.6 Å². The summed E-state index contributed by atoms with van der Waals surface area (Å²) in [6.07, 6.45) is 0. The Morgan fingerprint density at radius 2 is 1.90 bits per heavy atom. The number of sulfonamides is 1. The molecule has 29 heavy (non-hydrogen) atoms. The summed E-state index contributed by atoms with van der Waals surface area (Å²) >= 11 is 7.22. The Hall–Kier alpha value is -1.78. The number of nitrogens with one attached hydrogen (secondary N) is 1. The normalized spacial score (nSPS) is 15.1.